The second-order valence-corrected chi connectivity index (χ2v) is 4.76. The fourth-order valence-electron chi connectivity index (χ4n) is 2.33. The zero-order valence-corrected chi connectivity index (χ0v) is 10.1. The molecule has 0 radical (unpaired) electrons. The number of rotatable bonds is 3. The molecule has 0 unspecified atom stereocenters. The van der Waals surface area contributed by atoms with Gasteiger partial charge in [0.25, 0.3) is 0 Å². The SMILES string of the molecule is O=[N+]([O-])c1cnc2ccccc2c1NC1CC(O)C1. The van der Waals surface area contributed by atoms with E-state index >= 15 is 0 Å². The number of pyridine rings is 1. The summed E-state index contributed by atoms with van der Waals surface area (Å²) >= 11 is 0. The Bertz CT molecular complexity index is 638. The van der Waals surface area contributed by atoms with Gasteiger partial charge in [-0.05, 0) is 18.9 Å². The van der Waals surface area contributed by atoms with E-state index in [-0.39, 0.29) is 17.8 Å². The highest BCUT2D eigenvalue weighted by Crippen LogP contribution is 2.34. The Kier molecular flexibility index (Phi) is 2.79. The summed E-state index contributed by atoms with van der Waals surface area (Å²) in [5.41, 5.74) is 1.18. The Morgan fingerprint density at radius 2 is 2.11 bits per heavy atom. The van der Waals surface area contributed by atoms with E-state index in [1.54, 1.807) is 0 Å². The largest absolute Gasteiger partial charge is 0.393 e. The van der Waals surface area contributed by atoms with E-state index in [0.29, 0.717) is 18.5 Å². The first kappa shape index (κ1) is 11.9. The quantitative estimate of drug-likeness (QED) is 0.650. The van der Waals surface area contributed by atoms with Crippen LogP contribution < -0.4 is 5.32 Å². The van der Waals surface area contributed by atoms with Crippen LogP contribution >= 0.6 is 0 Å². The summed E-state index contributed by atoms with van der Waals surface area (Å²) in [5, 5.41) is 24.3. The number of fused-ring (bicyclic) bond motifs is 1. The van der Waals surface area contributed by atoms with E-state index < -0.39 is 4.92 Å². The van der Waals surface area contributed by atoms with Crippen molar-refractivity contribution in [3.63, 3.8) is 0 Å². The van der Waals surface area contributed by atoms with Gasteiger partial charge in [-0.15, -0.1) is 0 Å². The standard InChI is InChI=1S/C13H13N3O3/c17-9-5-8(6-9)15-13-10-3-1-2-4-11(10)14-7-12(13)16(18)19/h1-4,7-9,17H,5-6H2,(H,14,15). The maximum Gasteiger partial charge on any atom is 0.311 e. The predicted octanol–water partition coefficient (Wildman–Crippen LogP) is 2.08. The summed E-state index contributed by atoms with van der Waals surface area (Å²) in [6.45, 7) is 0. The lowest BCUT2D eigenvalue weighted by Gasteiger charge is -2.32. The number of nitrogens with zero attached hydrogens (tertiary/aromatic N) is 2. The lowest BCUT2D eigenvalue weighted by atomic mass is 9.89. The zero-order valence-electron chi connectivity index (χ0n) is 10.1. The number of hydrogen-bond donors (Lipinski definition) is 2. The summed E-state index contributed by atoms with van der Waals surface area (Å²) in [4.78, 5) is 14.8. The van der Waals surface area contributed by atoms with E-state index in [2.05, 4.69) is 10.3 Å². The minimum Gasteiger partial charge on any atom is -0.393 e. The van der Waals surface area contributed by atoms with Gasteiger partial charge in [0, 0.05) is 11.4 Å². The van der Waals surface area contributed by atoms with Crippen LogP contribution in [0.4, 0.5) is 11.4 Å². The highest BCUT2D eigenvalue weighted by Gasteiger charge is 2.29. The van der Waals surface area contributed by atoms with Crippen molar-refractivity contribution in [3.8, 4) is 0 Å². The molecule has 98 valence electrons. The van der Waals surface area contributed by atoms with Crippen molar-refractivity contribution >= 4 is 22.3 Å². The molecule has 1 fully saturated rings. The number of benzene rings is 1. The minimum atomic E-state index is -0.434. The molecular weight excluding hydrogens is 246 g/mol. The molecule has 1 aromatic heterocycles. The molecule has 1 aliphatic rings. The molecular formula is C13H13N3O3. The summed E-state index contributed by atoms with van der Waals surface area (Å²) in [7, 11) is 0. The second-order valence-electron chi connectivity index (χ2n) is 4.76. The van der Waals surface area contributed by atoms with Crippen LogP contribution in [0.3, 0.4) is 0 Å². The van der Waals surface area contributed by atoms with Crippen LogP contribution in [0.5, 0.6) is 0 Å². The summed E-state index contributed by atoms with van der Waals surface area (Å²) in [6.07, 6.45) is 2.21. The monoisotopic (exact) mass is 259 g/mol. The normalized spacial score (nSPS) is 21.9. The molecule has 0 amide bonds. The lowest BCUT2D eigenvalue weighted by molar-refractivity contribution is -0.384. The van der Waals surface area contributed by atoms with Gasteiger partial charge >= 0.3 is 5.69 Å². The van der Waals surface area contributed by atoms with Crippen LogP contribution in [0.25, 0.3) is 10.9 Å². The number of aliphatic hydroxyl groups is 1. The number of nitrogens with one attached hydrogen (secondary N) is 1. The molecule has 2 aromatic rings. The molecule has 1 aliphatic carbocycles. The molecule has 0 atom stereocenters. The summed E-state index contributed by atoms with van der Waals surface area (Å²) < 4.78 is 0. The van der Waals surface area contributed by atoms with Gasteiger partial charge in [-0.3, -0.25) is 10.1 Å². The Hall–Kier alpha value is -2.21. The first-order valence-corrected chi connectivity index (χ1v) is 6.12. The highest BCUT2D eigenvalue weighted by atomic mass is 16.6. The van der Waals surface area contributed by atoms with Gasteiger partial charge in [0.2, 0.25) is 0 Å². The van der Waals surface area contributed by atoms with Crippen LogP contribution in [0.2, 0.25) is 0 Å². The molecule has 0 spiro atoms. The first-order chi connectivity index (χ1) is 9.15. The smallest absolute Gasteiger partial charge is 0.311 e. The third-order valence-corrected chi connectivity index (χ3v) is 3.41. The summed E-state index contributed by atoms with van der Waals surface area (Å²) in [5.74, 6) is 0. The fourth-order valence-corrected chi connectivity index (χ4v) is 2.33. The molecule has 6 heteroatoms. The van der Waals surface area contributed by atoms with Crippen LogP contribution in [0.15, 0.2) is 30.5 Å². The van der Waals surface area contributed by atoms with Crippen molar-refractivity contribution in [1.29, 1.82) is 0 Å². The lowest BCUT2D eigenvalue weighted by Crippen LogP contribution is -2.39. The van der Waals surface area contributed by atoms with Crippen LogP contribution in [0, 0.1) is 10.1 Å². The van der Waals surface area contributed by atoms with Crippen molar-refractivity contribution in [2.45, 2.75) is 25.0 Å². The van der Waals surface area contributed by atoms with E-state index in [1.807, 2.05) is 24.3 Å². The molecule has 0 saturated heterocycles. The number of aliphatic hydroxyl groups excluding tert-OH is 1. The average Bonchev–Trinajstić information content (AvgIpc) is 2.36. The Balaban J connectivity index is 2.06. The van der Waals surface area contributed by atoms with Crippen LogP contribution in [-0.4, -0.2) is 27.2 Å². The van der Waals surface area contributed by atoms with Gasteiger partial charge < -0.3 is 10.4 Å². The van der Waals surface area contributed by atoms with E-state index in [1.165, 1.54) is 6.20 Å². The molecule has 1 aromatic carbocycles. The summed E-state index contributed by atoms with van der Waals surface area (Å²) in [6, 6.07) is 7.39. The van der Waals surface area contributed by atoms with E-state index in [9.17, 15) is 15.2 Å². The number of para-hydroxylation sites is 1. The fraction of sp³-hybridized carbons (Fsp3) is 0.308. The van der Waals surface area contributed by atoms with Crippen LogP contribution in [-0.2, 0) is 0 Å². The van der Waals surface area contributed by atoms with Crippen molar-refractivity contribution in [3.05, 3.63) is 40.6 Å². The third-order valence-electron chi connectivity index (χ3n) is 3.41. The van der Waals surface area contributed by atoms with E-state index in [4.69, 9.17) is 0 Å². The molecule has 1 heterocycles. The van der Waals surface area contributed by atoms with Crippen molar-refractivity contribution in [1.82, 2.24) is 4.98 Å². The van der Waals surface area contributed by atoms with Gasteiger partial charge in [-0.1, -0.05) is 18.2 Å². The molecule has 3 rings (SSSR count). The predicted molar refractivity (Wildman–Crippen MR) is 71.0 cm³/mol. The Labute approximate surface area is 109 Å². The molecule has 19 heavy (non-hydrogen) atoms. The van der Waals surface area contributed by atoms with Crippen molar-refractivity contribution < 1.29 is 10.0 Å². The van der Waals surface area contributed by atoms with Crippen molar-refractivity contribution in [2.75, 3.05) is 5.32 Å². The molecule has 0 aliphatic heterocycles. The highest BCUT2D eigenvalue weighted by molar-refractivity contribution is 5.95. The topological polar surface area (TPSA) is 88.3 Å². The van der Waals surface area contributed by atoms with Gasteiger partial charge in [-0.25, -0.2) is 4.98 Å². The molecule has 6 nitrogen and oxygen atoms in total. The maximum atomic E-state index is 11.1. The molecule has 2 N–H and O–H groups in total. The van der Waals surface area contributed by atoms with Gasteiger partial charge in [-0.2, -0.15) is 0 Å². The maximum absolute atomic E-state index is 11.1. The van der Waals surface area contributed by atoms with Crippen molar-refractivity contribution in [2.24, 2.45) is 0 Å². The van der Waals surface area contributed by atoms with Gasteiger partial charge in [0.05, 0.1) is 16.5 Å². The molecule has 0 bridgehead atoms. The van der Waals surface area contributed by atoms with Gasteiger partial charge in [0.1, 0.15) is 11.9 Å². The first-order valence-electron chi connectivity index (χ1n) is 6.12. The molecule has 1 saturated carbocycles. The Morgan fingerprint density at radius 3 is 2.79 bits per heavy atom. The second kappa shape index (κ2) is 4.47. The number of hydrogen-bond acceptors (Lipinski definition) is 5. The average molecular weight is 259 g/mol. The third kappa shape index (κ3) is 2.10. The number of aromatic nitrogens is 1. The minimum absolute atomic E-state index is 0.0277. The number of anilines is 1. The number of nitro groups is 1. The van der Waals surface area contributed by atoms with E-state index in [0.717, 1.165) is 10.9 Å². The van der Waals surface area contributed by atoms with Gasteiger partial charge in [0.15, 0.2) is 0 Å². The Morgan fingerprint density at radius 1 is 1.37 bits per heavy atom. The zero-order chi connectivity index (χ0) is 13.4. The van der Waals surface area contributed by atoms with Crippen LogP contribution in [0.1, 0.15) is 12.8 Å².